The summed E-state index contributed by atoms with van der Waals surface area (Å²) in [5.74, 6) is -0.435. The van der Waals surface area contributed by atoms with E-state index in [1.165, 1.54) is 0 Å². The van der Waals surface area contributed by atoms with Crippen LogP contribution in [0.4, 0.5) is 0 Å². The van der Waals surface area contributed by atoms with Gasteiger partial charge in [-0.1, -0.05) is 6.07 Å². The summed E-state index contributed by atoms with van der Waals surface area (Å²) >= 11 is 0. The number of nitrogens with zero attached hydrogens (tertiary/aromatic N) is 2. The average molecular weight is 220 g/mol. The molecular formula is C12H16N2O2. The molecule has 1 N–H and O–H groups in total. The molecule has 4 nitrogen and oxygen atoms in total. The first kappa shape index (κ1) is 11.1. The number of carboxylic acids is 1. The Morgan fingerprint density at radius 2 is 2.50 bits per heavy atom. The molecule has 1 aromatic rings. The summed E-state index contributed by atoms with van der Waals surface area (Å²) in [5.41, 5.74) is 1.16. The highest BCUT2D eigenvalue weighted by molar-refractivity contribution is 5.73. The lowest BCUT2D eigenvalue weighted by atomic mass is 10.2. The fraction of sp³-hybridized carbons (Fsp3) is 0.500. The monoisotopic (exact) mass is 220 g/mol. The molecule has 2 unspecified atom stereocenters. The van der Waals surface area contributed by atoms with E-state index in [4.69, 9.17) is 5.11 Å². The highest BCUT2D eigenvalue weighted by atomic mass is 16.4. The molecule has 0 aromatic carbocycles. The van der Waals surface area contributed by atoms with Crippen LogP contribution in [0.3, 0.4) is 0 Å². The van der Waals surface area contributed by atoms with Gasteiger partial charge in [0.1, 0.15) is 0 Å². The van der Waals surface area contributed by atoms with Crippen molar-refractivity contribution in [1.82, 2.24) is 9.88 Å². The molecule has 1 aliphatic rings. The molecule has 0 bridgehead atoms. The summed E-state index contributed by atoms with van der Waals surface area (Å²) in [7, 11) is 2.02. The number of rotatable bonds is 5. The molecule has 1 fully saturated rings. The molecule has 2 atom stereocenters. The number of carbonyl (C=O) groups is 1. The number of aromatic nitrogens is 1. The van der Waals surface area contributed by atoms with Crippen molar-refractivity contribution in [2.75, 3.05) is 13.6 Å². The molecular weight excluding hydrogens is 204 g/mol. The second-order valence-electron chi connectivity index (χ2n) is 4.50. The smallest absolute Gasteiger partial charge is 0.306 e. The van der Waals surface area contributed by atoms with Crippen LogP contribution in [0.15, 0.2) is 24.5 Å². The molecule has 0 spiro atoms. The van der Waals surface area contributed by atoms with Crippen LogP contribution in [0.25, 0.3) is 0 Å². The zero-order valence-corrected chi connectivity index (χ0v) is 9.34. The molecule has 2 rings (SSSR count). The van der Waals surface area contributed by atoms with Crippen LogP contribution in [0, 0.1) is 11.8 Å². The third-order valence-corrected chi connectivity index (χ3v) is 2.96. The summed E-state index contributed by atoms with van der Waals surface area (Å²) in [6, 6.07) is 3.95. The third-order valence-electron chi connectivity index (χ3n) is 2.96. The quantitative estimate of drug-likeness (QED) is 0.811. The standard InChI is InChI=1S/C12H16N2O2/c1-14(7-9-3-2-4-13-6-9)8-10-5-11(10)12(15)16/h2-4,6,10-11H,5,7-8H2,1H3,(H,15,16). The van der Waals surface area contributed by atoms with Crippen LogP contribution in [-0.2, 0) is 11.3 Å². The molecule has 86 valence electrons. The summed E-state index contributed by atoms with van der Waals surface area (Å²) < 4.78 is 0. The van der Waals surface area contributed by atoms with Crippen LogP contribution in [-0.4, -0.2) is 34.6 Å². The average Bonchev–Trinajstić information content (AvgIpc) is 2.98. The normalized spacial score (nSPS) is 23.4. The number of carboxylic acid groups (broad SMARTS) is 1. The van der Waals surface area contributed by atoms with Gasteiger partial charge in [-0.3, -0.25) is 9.78 Å². The number of aliphatic carboxylic acids is 1. The zero-order chi connectivity index (χ0) is 11.5. The first-order chi connectivity index (χ1) is 7.66. The van der Waals surface area contributed by atoms with Gasteiger partial charge >= 0.3 is 5.97 Å². The van der Waals surface area contributed by atoms with Gasteiger partial charge in [0.15, 0.2) is 0 Å². The molecule has 4 heteroatoms. The summed E-state index contributed by atoms with van der Waals surface area (Å²) in [6.45, 7) is 1.68. The molecule has 0 saturated heterocycles. The Bertz CT molecular complexity index is 367. The lowest BCUT2D eigenvalue weighted by Crippen LogP contribution is -2.21. The fourth-order valence-electron chi connectivity index (χ4n) is 2.02. The zero-order valence-electron chi connectivity index (χ0n) is 9.34. The van der Waals surface area contributed by atoms with E-state index < -0.39 is 5.97 Å². The van der Waals surface area contributed by atoms with Gasteiger partial charge in [-0.25, -0.2) is 0 Å². The minimum absolute atomic E-state index is 0.114. The van der Waals surface area contributed by atoms with Crippen LogP contribution < -0.4 is 0 Å². The van der Waals surface area contributed by atoms with Crippen molar-refractivity contribution in [3.8, 4) is 0 Å². The van der Waals surface area contributed by atoms with Crippen molar-refractivity contribution >= 4 is 5.97 Å². The molecule has 1 aliphatic carbocycles. The van der Waals surface area contributed by atoms with Gasteiger partial charge in [-0.05, 0) is 31.0 Å². The van der Waals surface area contributed by atoms with E-state index in [-0.39, 0.29) is 5.92 Å². The number of pyridine rings is 1. The Labute approximate surface area is 94.9 Å². The lowest BCUT2D eigenvalue weighted by molar-refractivity contribution is -0.138. The van der Waals surface area contributed by atoms with Crippen molar-refractivity contribution in [3.63, 3.8) is 0 Å². The van der Waals surface area contributed by atoms with E-state index in [1.54, 1.807) is 6.20 Å². The maximum atomic E-state index is 10.7. The Kier molecular flexibility index (Phi) is 3.19. The molecule has 0 amide bonds. The van der Waals surface area contributed by atoms with Gasteiger partial charge in [0.25, 0.3) is 0 Å². The van der Waals surface area contributed by atoms with Crippen molar-refractivity contribution in [1.29, 1.82) is 0 Å². The van der Waals surface area contributed by atoms with Crippen LogP contribution >= 0.6 is 0 Å². The lowest BCUT2D eigenvalue weighted by Gasteiger charge is -2.15. The minimum Gasteiger partial charge on any atom is -0.481 e. The predicted octanol–water partition coefficient (Wildman–Crippen LogP) is 1.23. The number of hydrogen-bond acceptors (Lipinski definition) is 3. The fourth-order valence-corrected chi connectivity index (χ4v) is 2.02. The molecule has 0 aliphatic heterocycles. The summed E-state index contributed by atoms with van der Waals surface area (Å²) in [4.78, 5) is 16.9. The predicted molar refractivity (Wildman–Crippen MR) is 59.8 cm³/mol. The topological polar surface area (TPSA) is 53.4 Å². The van der Waals surface area contributed by atoms with E-state index >= 15 is 0 Å². The van der Waals surface area contributed by atoms with Crippen LogP contribution in [0.1, 0.15) is 12.0 Å². The highest BCUT2D eigenvalue weighted by Crippen LogP contribution is 2.39. The van der Waals surface area contributed by atoms with E-state index in [2.05, 4.69) is 9.88 Å². The van der Waals surface area contributed by atoms with Crippen molar-refractivity contribution in [3.05, 3.63) is 30.1 Å². The van der Waals surface area contributed by atoms with Crippen LogP contribution in [0.2, 0.25) is 0 Å². The second-order valence-corrected chi connectivity index (χ2v) is 4.50. The van der Waals surface area contributed by atoms with Gasteiger partial charge < -0.3 is 10.0 Å². The Morgan fingerprint density at radius 1 is 1.69 bits per heavy atom. The highest BCUT2D eigenvalue weighted by Gasteiger charge is 2.43. The van der Waals surface area contributed by atoms with E-state index in [0.717, 1.165) is 25.1 Å². The van der Waals surface area contributed by atoms with Gasteiger partial charge in [0.05, 0.1) is 5.92 Å². The van der Waals surface area contributed by atoms with Gasteiger partial charge in [0.2, 0.25) is 0 Å². The van der Waals surface area contributed by atoms with Crippen molar-refractivity contribution in [2.45, 2.75) is 13.0 Å². The molecule has 0 radical (unpaired) electrons. The largest absolute Gasteiger partial charge is 0.481 e. The van der Waals surface area contributed by atoms with Crippen molar-refractivity contribution < 1.29 is 9.90 Å². The summed E-state index contributed by atoms with van der Waals surface area (Å²) in [5, 5.41) is 8.80. The van der Waals surface area contributed by atoms with Crippen LogP contribution in [0.5, 0.6) is 0 Å². The molecule has 1 heterocycles. The number of hydrogen-bond donors (Lipinski definition) is 1. The van der Waals surface area contributed by atoms with Gasteiger partial charge in [-0.2, -0.15) is 0 Å². The molecule has 1 aromatic heterocycles. The first-order valence-electron chi connectivity index (χ1n) is 5.47. The maximum Gasteiger partial charge on any atom is 0.306 e. The van der Waals surface area contributed by atoms with Gasteiger partial charge in [-0.15, -0.1) is 0 Å². The van der Waals surface area contributed by atoms with E-state index in [1.807, 2.05) is 25.4 Å². The Morgan fingerprint density at radius 3 is 3.06 bits per heavy atom. The SMILES string of the molecule is CN(Cc1cccnc1)CC1CC1C(=O)O. The molecule has 1 saturated carbocycles. The van der Waals surface area contributed by atoms with Crippen molar-refractivity contribution in [2.24, 2.45) is 11.8 Å². The van der Waals surface area contributed by atoms with E-state index in [9.17, 15) is 4.79 Å². The second kappa shape index (κ2) is 4.61. The summed E-state index contributed by atoms with van der Waals surface area (Å²) in [6.07, 6.45) is 4.43. The van der Waals surface area contributed by atoms with E-state index in [0.29, 0.717) is 5.92 Å². The minimum atomic E-state index is -0.653. The Balaban J connectivity index is 1.78. The first-order valence-corrected chi connectivity index (χ1v) is 5.47. The maximum absolute atomic E-state index is 10.7. The van der Waals surface area contributed by atoms with Gasteiger partial charge in [0, 0.05) is 25.5 Å². The Hall–Kier alpha value is -1.42. The molecule has 16 heavy (non-hydrogen) atoms. The third kappa shape index (κ3) is 2.79.